The highest BCUT2D eigenvalue weighted by atomic mass is 32.2. The molecular weight excluding hydrogens is 354 g/mol. The summed E-state index contributed by atoms with van der Waals surface area (Å²) in [6, 6.07) is 14.9. The average molecular weight is 367 g/mol. The second-order valence-corrected chi connectivity index (χ2v) is 8.12. The summed E-state index contributed by atoms with van der Waals surface area (Å²) in [4.78, 5) is 31.6. The molecule has 1 aromatic heterocycles. The molecule has 0 aliphatic carbocycles. The number of carbonyl (C=O) groups excluding carboxylic acids is 2. The predicted octanol–water partition coefficient (Wildman–Crippen LogP) is 3.50. The molecule has 5 nitrogen and oxygen atoms in total. The number of hydrogen-bond acceptors (Lipinski definition) is 5. The van der Waals surface area contributed by atoms with Gasteiger partial charge in [0.25, 0.3) is 5.91 Å². The first kappa shape index (κ1) is 14.9. The molecule has 2 aliphatic rings. The number of amides is 2. The lowest BCUT2D eigenvalue weighted by molar-refractivity contribution is -0.119. The number of nitrogens with zero attached hydrogens (tertiary/aromatic N) is 2. The molecule has 0 spiro atoms. The molecule has 0 unspecified atom stereocenters. The zero-order chi connectivity index (χ0) is 17.0. The Morgan fingerprint density at radius 2 is 1.96 bits per heavy atom. The zero-order valence-corrected chi connectivity index (χ0v) is 14.6. The quantitative estimate of drug-likeness (QED) is 0.753. The molecule has 1 N–H and O–H groups in total. The fraction of sp³-hybridized carbons (Fsp3) is 0.167. The van der Waals surface area contributed by atoms with Crippen LogP contribution in [0, 0.1) is 0 Å². The van der Waals surface area contributed by atoms with E-state index in [1.54, 1.807) is 16.7 Å². The topological polar surface area (TPSA) is 62.3 Å². The molecule has 1 saturated heterocycles. The van der Waals surface area contributed by atoms with Gasteiger partial charge in [0.2, 0.25) is 5.91 Å². The molecule has 0 bridgehead atoms. The molecule has 3 aromatic rings. The predicted molar refractivity (Wildman–Crippen MR) is 99.8 cm³/mol. The van der Waals surface area contributed by atoms with Gasteiger partial charge >= 0.3 is 0 Å². The third-order valence-electron chi connectivity index (χ3n) is 4.52. The molecule has 2 aliphatic heterocycles. The third-order valence-corrected chi connectivity index (χ3v) is 6.78. The molecule has 25 heavy (non-hydrogen) atoms. The molecule has 2 aromatic carbocycles. The molecule has 3 heterocycles. The van der Waals surface area contributed by atoms with Gasteiger partial charge in [-0.05, 0) is 23.8 Å². The summed E-state index contributed by atoms with van der Waals surface area (Å²) < 4.78 is 1.03. The Hall–Kier alpha value is -2.38. The molecule has 7 heteroatoms. The van der Waals surface area contributed by atoms with E-state index in [2.05, 4.69) is 10.3 Å². The number of nitrogens with one attached hydrogen (secondary N) is 1. The second kappa shape index (κ2) is 5.57. The van der Waals surface area contributed by atoms with Crippen molar-refractivity contribution in [3.8, 4) is 0 Å². The van der Waals surface area contributed by atoms with Crippen LogP contribution in [0.1, 0.15) is 21.3 Å². The van der Waals surface area contributed by atoms with E-state index in [0.29, 0.717) is 16.4 Å². The van der Waals surface area contributed by atoms with Gasteiger partial charge in [-0.2, -0.15) is 0 Å². The van der Waals surface area contributed by atoms with Crippen molar-refractivity contribution in [1.29, 1.82) is 0 Å². The van der Waals surface area contributed by atoms with E-state index in [1.807, 2.05) is 48.5 Å². The highest BCUT2D eigenvalue weighted by molar-refractivity contribution is 7.99. The smallest absolute Gasteiger partial charge is 0.256 e. The summed E-state index contributed by atoms with van der Waals surface area (Å²) in [6.07, 6.45) is 0. The molecule has 0 saturated carbocycles. The Labute approximate surface area is 152 Å². The van der Waals surface area contributed by atoms with Crippen molar-refractivity contribution in [2.45, 2.75) is 11.4 Å². The Balaban J connectivity index is 1.41. The fourth-order valence-corrected chi connectivity index (χ4v) is 5.69. The van der Waals surface area contributed by atoms with Crippen LogP contribution in [-0.2, 0) is 4.79 Å². The minimum Gasteiger partial charge on any atom is -0.310 e. The number of para-hydroxylation sites is 1. The maximum atomic E-state index is 12.8. The monoisotopic (exact) mass is 367 g/mol. The molecule has 2 amide bonds. The molecule has 124 valence electrons. The second-order valence-electron chi connectivity index (χ2n) is 5.98. The van der Waals surface area contributed by atoms with Crippen molar-refractivity contribution in [2.24, 2.45) is 0 Å². The van der Waals surface area contributed by atoms with Gasteiger partial charge in [-0.1, -0.05) is 41.7 Å². The highest BCUT2D eigenvalue weighted by Crippen LogP contribution is 2.48. The normalized spacial score (nSPS) is 21.4. The van der Waals surface area contributed by atoms with E-state index < -0.39 is 6.04 Å². The van der Waals surface area contributed by atoms with Crippen LogP contribution in [0.3, 0.4) is 0 Å². The number of thiazole rings is 1. The Morgan fingerprint density at radius 1 is 1.16 bits per heavy atom. The van der Waals surface area contributed by atoms with Crippen LogP contribution >= 0.6 is 23.1 Å². The van der Waals surface area contributed by atoms with Crippen molar-refractivity contribution in [2.75, 3.05) is 11.1 Å². The van der Waals surface area contributed by atoms with Gasteiger partial charge in [0.05, 0.1) is 10.2 Å². The number of fused-ring (bicyclic) bond motifs is 4. The number of benzene rings is 2. The molecule has 1 fully saturated rings. The third kappa shape index (κ3) is 2.26. The van der Waals surface area contributed by atoms with Crippen molar-refractivity contribution in [3.63, 3.8) is 0 Å². The summed E-state index contributed by atoms with van der Waals surface area (Å²) in [6.45, 7) is 0. The van der Waals surface area contributed by atoms with Crippen LogP contribution in [-0.4, -0.2) is 33.5 Å². The summed E-state index contributed by atoms with van der Waals surface area (Å²) in [5.74, 6) is 0.367. The summed E-state index contributed by atoms with van der Waals surface area (Å²) in [7, 11) is 0. The largest absolute Gasteiger partial charge is 0.310 e. The molecular formula is C18H13N3O2S2. The number of carbonyl (C=O) groups is 2. The Bertz CT molecular complexity index is 983. The number of hydrogen-bond donors (Lipinski definition) is 1. The minimum absolute atomic E-state index is 0.0601. The molecule has 2 atom stereocenters. The molecule has 5 rings (SSSR count). The fourth-order valence-electron chi connectivity index (χ4n) is 3.36. The first-order chi connectivity index (χ1) is 12.2. The van der Waals surface area contributed by atoms with Gasteiger partial charge in [-0.15, -0.1) is 11.8 Å². The van der Waals surface area contributed by atoms with Crippen LogP contribution in [0.15, 0.2) is 48.5 Å². The van der Waals surface area contributed by atoms with Crippen molar-refractivity contribution in [1.82, 2.24) is 9.88 Å². The first-order valence-corrected chi connectivity index (χ1v) is 9.78. The maximum absolute atomic E-state index is 12.8. The maximum Gasteiger partial charge on any atom is 0.256 e. The first-order valence-electron chi connectivity index (χ1n) is 7.92. The van der Waals surface area contributed by atoms with Gasteiger partial charge in [0.15, 0.2) is 5.13 Å². The number of thioether (sulfide) groups is 1. The SMILES string of the molecule is O=C(Nc1nc2ccccc2s1)[C@H]1CS[C@H]2c3ccccc3C(=O)N12. The van der Waals surface area contributed by atoms with Gasteiger partial charge < -0.3 is 10.2 Å². The lowest BCUT2D eigenvalue weighted by Gasteiger charge is -2.22. The summed E-state index contributed by atoms with van der Waals surface area (Å²) in [5, 5.41) is 3.41. The van der Waals surface area contributed by atoms with Crippen LogP contribution < -0.4 is 5.32 Å². The van der Waals surface area contributed by atoms with Gasteiger partial charge in [0, 0.05) is 11.3 Å². The minimum atomic E-state index is -0.470. The van der Waals surface area contributed by atoms with Crippen LogP contribution in [0.2, 0.25) is 0 Å². The van der Waals surface area contributed by atoms with E-state index in [-0.39, 0.29) is 17.2 Å². The van der Waals surface area contributed by atoms with Crippen molar-refractivity contribution < 1.29 is 9.59 Å². The van der Waals surface area contributed by atoms with E-state index in [0.717, 1.165) is 15.8 Å². The Morgan fingerprint density at radius 3 is 2.84 bits per heavy atom. The van der Waals surface area contributed by atoms with E-state index >= 15 is 0 Å². The lowest BCUT2D eigenvalue weighted by Crippen LogP contribution is -2.42. The van der Waals surface area contributed by atoms with E-state index in [9.17, 15) is 9.59 Å². The number of anilines is 1. The summed E-state index contributed by atoms with van der Waals surface area (Å²) >= 11 is 3.08. The van der Waals surface area contributed by atoms with Crippen LogP contribution in [0.25, 0.3) is 10.2 Å². The van der Waals surface area contributed by atoms with E-state index in [4.69, 9.17) is 0 Å². The van der Waals surface area contributed by atoms with Crippen molar-refractivity contribution >= 4 is 50.3 Å². The van der Waals surface area contributed by atoms with Gasteiger partial charge in [-0.3, -0.25) is 9.59 Å². The van der Waals surface area contributed by atoms with Crippen molar-refractivity contribution in [3.05, 3.63) is 59.7 Å². The number of rotatable bonds is 2. The van der Waals surface area contributed by atoms with Gasteiger partial charge in [0.1, 0.15) is 11.4 Å². The molecule has 0 radical (unpaired) electrons. The van der Waals surface area contributed by atoms with Gasteiger partial charge in [-0.25, -0.2) is 4.98 Å². The highest BCUT2D eigenvalue weighted by Gasteiger charge is 2.48. The van der Waals surface area contributed by atoms with Crippen LogP contribution in [0.4, 0.5) is 5.13 Å². The zero-order valence-electron chi connectivity index (χ0n) is 13.0. The number of aromatic nitrogens is 1. The van der Waals surface area contributed by atoms with Crippen LogP contribution in [0.5, 0.6) is 0 Å². The van der Waals surface area contributed by atoms with E-state index in [1.165, 1.54) is 11.3 Å². The average Bonchev–Trinajstić information content (AvgIpc) is 3.30. The summed E-state index contributed by atoms with van der Waals surface area (Å²) in [5.41, 5.74) is 2.58. The Kier molecular flexibility index (Phi) is 3.33. The standard InChI is InChI=1S/C18H13N3O2S2/c22-15(20-18-19-12-7-3-4-8-14(12)25-18)13-9-24-17-11-6-2-1-5-10(11)16(23)21(13)17/h1-8,13,17H,9H2,(H,19,20,22)/t13-,17+/m1/s1. The lowest BCUT2D eigenvalue weighted by atomic mass is 10.1.